The Balaban J connectivity index is 1.65. The van der Waals surface area contributed by atoms with Gasteiger partial charge < -0.3 is 20.1 Å². The predicted molar refractivity (Wildman–Crippen MR) is 102 cm³/mol. The van der Waals surface area contributed by atoms with E-state index < -0.39 is 0 Å². The fourth-order valence-corrected chi connectivity index (χ4v) is 2.71. The van der Waals surface area contributed by atoms with Gasteiger partial charge in [-0.15, -0.1) is 0 Å². The molecule has 1 aliphatic rings. The number of hydrogen-bond acceptors (Lipinski definition) is 6. The van der Waals surface area contributed by atoms with E-state index in [1.54, 1.807) is 0 Å². The first-order chi connectivity index (χ1) is 12.8. The molecule has 0 bridgehead atoms. The molecule has 3 aromatic rings. The second-order valence-electron chi connectivity index (χ2n) is 5.95. The lowest BCUT2D eigenvalue weighted by Crippen LogP contribution is -2.06. The van der Waals surface area contributed by atoms with Crippen LogP contribution in [0.4, 0.5) is 17.5 Å². The Labute approximate surface area is 152 Å². The molecule has 2 heterocycles. The Bertz CT molecular complexity index is 900. The largest absolute Gasteiger partial charge is 0.454 e. The predicted octanol–water partition coefficient (Wildman–Crippen LogP) is 4.44. The van der Waals surface area contributed by atoms with Crippen LogP contribution in [0.2, 0.25) is 0 Å². The number of nitrogens with zero attached hydrogens (tertiary/aromatic N) is 2. The van der Waals surface area contributed by atoms with Crippen molar-refractivity contribution in [1.29, 1.82) is 0 Å². The third kappa shape index (κ3) is 3.54. The van der Waals surface area contributed by atoms with E-state index in [0.717, 1.165) is 47.2 Å². The summed E-state index contributed by atoms with van der Waals surface area (Å²) in [6.07, 6.45) is 1.02. The van der Waals surface area contributed by atoms with Crippen molar-refractivity contribution in [2.24, 2.45) is 0 Å². The van der Waals surface area contributed by atoms with Gasteiger partial charge in [-0.3, -0.25) is 0 Å². The summed E-state index contributed by atoms with van der Waals surface area (Å²) in [6.45, 7) is 3.23. The lowest BCUT2D eigenvalue weighted by atomic mass is 10.1. The molecule has 2 aromatic carbocycles. The first kappa shape index (κ1) is 16.2. The molecule has 2 N–H and O–H groups in total. The molecule has 1 aromatic heterocycles. The van der Waals surface area contributed by atoms with Crippen molar-refractivity contribution in [2.45, 2.75) is 13.3 Å². The van der Waals surface area contributed by atoms with Gasteiger partial charge in [0, 0.05) is 29.9 Å². The van der Waals surface area contributed by atoms with Crippen LogP contribution in [-0.2, 0) is 0 Å². The number of aromatic nitrogens is 2. The maximum Gasteiger partial charge on any atom is 0.231 e. The van der Waals surface area contributed by atoms with E-state index >= 15 is 0 Å². The standard InChI is InChI=1S/C20H20N4O2/c1-2-10-21-19-12-16(14-6-4-3-5-7-14)23-20(24-19)22-15-8-9-17-18(11-15)26-13-25-17/h3-9,11-12H,2,10,13H2,1H3,(H2,21,22,23,24). The van der Waals surface area contributed by atoms with Gasteiger partial charge in [0.25, 0.3) is 0 Å². The highest BCUT2D eigenvalue weighted by Crippen LogP contribution is 2.35. The Morgan fingerprint density at radius 3 is 2.65 bits per heavy atom. The smallest absolute Gasteiger partial charge is 0.231 e. The van der Waals surface area contributed by atoms with Crippen LogP contribution in [-0.4, -0.2) is 23.3 Å². The van der Waals surface area contributed by atoms with Gasteiger partial charge in [-0.05, 0) is 18.6 Å². The topological polar surface area (TPSA) is 68.3 Å². The van der Waals surface area contributed by atoms with Crippen LogP contribution in [0.15, 0.2) is 54.6 Å². The molecule has 0 unspecified atom stereocenters. The molecule has 6 nitrogen and oxygen atoms in total. The average molecular weight is 348 g/mol. The lowest BCUT2D eigenvalue weighted by Gasteiger charge is -2.11. The summed E-state index contributed by atoms with van der Waals surface area (Å²) in [4.78, 5) is 9.25. The molecule has 1 aliphatic heterocycles. The lowest BCUT2D eigenvalue weighted by molar-refractivity contribution is 0.174. The molecule has 0 fully saturated rings. The minimum atomic E-state index is 0.254. The Kier molecular flexibility index (Phi) is 4.55. The van der Waals surface area contributed by atoms with Crippen molar-refractivity contribution < 1.29 is 9.47 Å². The molecule has 132 valence electrons. The summed E-state index contributed by atoms with van der Waals surface area (Å²) in [5.74, 6) is 2.80. The number of fused-ring (bicyclic) bond motifs is 1. The van der Waals surface area contributed by atoms with Gasteiger partial charge in [0.2, 0.25) is 12.7 Å². The monoisotopic (exact) mass is 348 g/mol. The molecule has 4 rings (SSSR count). The Morgan fingerprint density at radius 1 is 0.962 bits per heavy atom. The van der Waals surface area contributed by atoms with E-state index in [2.05, 4.69) is 27.5 Å². The van der Waals surface area contributed by atoms with Crippen LogP contribution in [0, 0.1) is 0 Å². The molecule has 0 aliphatic carbocycles. The Hall–Kier alpha value is -3.28. The van der Waals surface area contributed by atoms with Crippen molar-refractivity contribution >= 4 is 17.5 Å². The van der Waals surface area contributed by atoms with Gasteiger partial charge in [-0.2, -0.15) is 4.98 Å². The average Bonchev–Trinajstić information content (AvgIpc) is 3.15. The van der Waals surface area contributed by atoms with Gasteiger partial charge in [0.1, 0.15) is 5.82 Å². The highest BCUT2D eigenvalue weighted by atomic mass is 16.7. The van der Waals surface area contributed by atoms with Crippen molar-refractivity contribution in [1.82, 2.24) is 9.97 Å². The zero-order chi connectivity index (χ0) is 17.8. The van der Waals surface area contributed by atoms with Crippen LogP contribution >= 0.6 is 0 Å². The van der Waals surface area contributed by atoms with Gasteiger partial charge in [0.05, 0.1) is 5.69 Å². The summed E-state index contributed by atoms with van der Waals surface area (Å²) >= 11 is 0. The number of rotatable bonds is 6. The van der Waals surface area contributed by atoms with E-state index in [4.69, 9.17) is 9.47 Å². The SMILES string of the molecule is CCCNc1cc(-c2ccccc2)nc(Nc2ccc3c(c2)OCO3)n1. The van der Waals surface area contributed by atoms with Crippen LogP contribution < -0.4 is 20.1 Å². The fourth-order valence-electron chi connectivity index (χ4n) is 2.71. The summed E-state index contributed by atoms with van der Waals surface area (Å²) in [7, 11) is 0. The summed E-state index contributed by atoms with van der Waals surface area (Å²) in [5.41, 5.74) is 2.76. The molecular formula is C20H20N4O2. The van der Waals surface area contributed by atoms with Crippen molar-refractivity contribution in [3.05, 3.63) is 54.6 Å². The highest BCUT2D eigenvalue weighted by molar-refractivity contribution is 5.67. The van der Waals surface area contributed by atoms with Crippen molar-refractivity contribution in [3.63, 3.8) is 0 Å². The maximum absolute atomic E-state index is 5.43. The number of hydrogen-bond donors (Lipinski definition) is 2. The van der Waals surface area contributed by atoms with Crippen LogP contribution in [0.3, 0.4) is 0 Å². The first-order valence-electron chi connectivity index (χ1n) is 8.67. The van der Waals surface area contributed by atoms with Crippen LogP contribution in [0.1, 0.15) is 13.3 Å². The second-order valence-corrected chi connectivity index (χ2v) is 5.95. The molecule has 0 spiro atoms. The molecule has 0 atom stereocenters. The first-order valence-corrected chi connectivity index (χ1v) is 8.67. The van der Waals surface area contributed by atoms with Gasteiger partial charge >= 0.3 is 0 Å². The number of anilines is 3. The molecule has 0 amide bonds. The zero-order valence-corrected chi connectivity index (χ0v) is 14.5. The summed E-state index contributed by atoms with van der Waals surface area (Å²) < 4.78 is 10.8. The quantitative estimate of drug-likeness (QED) is 0.686. The third-order valence-corrected chi connectivity index (χ3v) is 3.98. The van der Waals surface area contributed by atoms with Gasteiger partial charge in [-0.1, -0.05) is 37.3 Å². The maximum atomic E-state index is 5.43. The number of ether oxygens (including phenoxy) is 2. The minimum absolute atomic E-state index is 0.254. The minimum Gasteiger partial charge on any atom is -0.454 e. The number of benzene rings is 2. The molecule has 0 radical (unpaired) electrons. The third-order valence-electron chi connectivity index (χ3n) is 3.98. The van der Waals surface area contributed by atoms with E-state index in [1.807, 2.05) is 54.6 Å². The summed E-state index contributed by atoms with van der Waals surface area (Å²) in [5, 5.41) is 6.60. The Morgan fingerprint density at radius 2 is 1.81 bits per heavy atom. The highest BCUT2D eigenvalue weighted by Gasteiger charge is 2.14. The molecule has 0 saturated heterocycles. The molecule has 6 heteroatoms. The van der Waals surface area contributed by atoms with Gasteiger partial charge in [0.15, 0.2) is 11.5 Å². The van der Waals surface area contributed by atoms with Crippen LogP contribution in [0.5, 0.6) is 11.5 Å². The molecule has 26 heavy (non-hydrogen) atoms. The second kappa shape index (κ2) is 7.31. The van der Waals surface area contributed by atoms with Crippen molar-refractivity contribution in [2.75, 3.05) is 24.0 Å². The van der Waals surface area contributed by atoms with E-state index in [0.29, 0.717) is 5.95 Å². The normalized spacial score (nSPS) is 12.0. The number of nitrogens with one attached hydrogen (secondary N) is 2. The summed E-state index contributed by atoms with van der Waals surface area (Å²) in [6, 6.07) is 17.7. The fraction of sp³-hybridized carbons (Fsp3) is 0.200. The van der Waals surface area contributed by atoms with E-state index in [-0.39, 0.29) is 6.79 Å². The zero-order valence-electron chi connectivity index (χ0n) is 14.5. The van der Waals surface area contributed by atoms with Gasteiger partial charge in [-0.25, -0.2) is 4.98 Å². The van der Waals surface area contributed by atoms with Crippen molar-refractivity contribution in [3.8, 4) is 22.8 Å². The molecule has 0 saturated carbocycles. The van der Waals surface area contributed by atoms with E-state index in [9.17, 15) is 0 Å². The van der Waals surface area contributed by atoms with Crippen LogP contribution in [0.25, 0.3) is 11.3 Å². The van der Waals surface area contributed by atoms with E-state index in [1.165, 1.54) is 0 Å². The molecular weight excluding hydrogens is 328 g/mol.